The predicted octanol–water partition coefficient (Wildman–Crippen LogP) is 3.88. The Morgan fingerprint density at radius 1 is 0.917 bits per heavy atom. The summed E-state index contributed by atoms with van der Waals surface area (Å²) in [6.45, 7) is 8.20. The largest absolute Gasteiger partial charge is 0.356 e. The van der Waals surface area contributed by atoms with Crippen molar-refractivity contribution in [1.29, 1.82) is 0 Å². The number of hydrogen-bond acceptors (Lipinski definition) is 2. The van der Waals surface area contributed by atoms with E-state index in [2.05, 4.69) is 23.8 Å². The van der Waals surface area contributed by atoms with Crippen molar-refractivity contribution in [2.24, 2.45) is 5.92 Å². The smallest absolute Gasteiger partial charge is 0.223 e. The number of nitrogens with one attached hydrogen (secondary N) is 2. The van der Waals surface area contributed by atoms with Crippen LogP contribution in [0.25, 0.3) is 0 Å². The van der Waals surface area contributed by atoms with Gasteiger partial charge < -0.3 is 10.6 Å². The molecule has 0 aromatic heterocycles. The fraction of sp³-hybridized carbons (Fsp3) is 0.700. The van der Waals surface area contributed by atoms with Crippen LogP contribution in [0.2, 0.25) is 0 Å². The number of hydrogen-bond donors (Lipinski definition) is 2. The zero-order chi connectivity index (χ0) is 17.6. The molecule has 2 rings (SSSR count). The Morgan fingerprint density at radius 2 is 1.62 bits per heavy atom. The number of allylic oxidation sites excluding steroid dienone is 1. The molecule has 0 bridgehead atoms. The highest BCUT2D eigenvalue weighted by atomic mass is 16.2. The second-order valence-corrected chi connectivity index (χ2v) is 6.75. The van der Waals surface area contributed by atoms with Crippen molar-refractivity contribution in [3.8, 4) is 0 Å². The highest BCUT2D eigenvalue weighted by Crippen LogP contribution is 2.16. The molecule has 0 saturated carbocycles. The van der Waals surface area contributed by atoms with Crippen molar-refractivity contribution < 1.29 is 9.59 Å². The molecule has 2 saturated heterocycles. The SMILES string of the molecule is C=CCC1CCCCCC(=O)N1.C=CCC1CCCCCNC1=O. The summed E-state index contributed by atoms with van der Waals surface area (Å²) in [4.78, 5) is 22.6. The highest BCUT2D eigenvalue weighted by molar-refractivity contribution is 5.78. The Kier molecular flexibility index (Phi) is 10.9. The second kappa shape index (κ2) is 12.8. The Labute approximate surface area is 147 Å². The molecule has 4 heteroatoms. The molecule has 0 spiro atoms. The van der Waals surface area contributed by atoms with Crippen LogP contribution in [0, 0.1) is 5.92 Å². The first-order chi connectivity index (χ1) is 11.7. The van der Waals surface area contributed by atoms with Gasteiger partial charge in [-0.05, 0) is 38.5 Å². The van der Waals surface area contributed by atoms with Gasteiger partial charge in [-0.25, -0.2) is 0 Å². The average molecular weight is 335 g/mol. The van der Waals surface area contributed by atoms with Crippen LogP contribution < -0.4 is 10.6 Å². The molecule has 136 valence electrons. The molecular formula is C20H34N2O2. The van der Waals surface area contributed by atoms with Crippen molar-refractivity contribution in [3.05, 3.63) is 25.3 Å². The first-order valence-corrected chi connectivity index (χ1v) is 9.46. The van der Waals surface area contributed by atoms with Gasteiger partial charge >= 0.3 is 0 Å². The van der Waals surface area contributed by atoms with Gasteiger partial charge in [0.2, 0.25) is 11.8 Å². The van der Waals surface area contributed by atoms with Gasteiger partial charge in [-0.3, -0.25) is 9.59 Å². The Hall–Kier alpha value is -1.58. The fourth-order valence-electron chi connectivity index (χ4n) is 3.21. The molecule has 2 fully saturated rings. The van der Waals surface area contributed by atoms with Crippen LogP contribution in [-0.4, -0.2) is 24.4 Å². The van der Waals surface area contributed by atoms with Crippen molar-refractivity contribution in [2.45, 2.75) is 76.7 Å². The third kappa shape index (κ3) is 8.90. The van der Waals surface area contributed by atoms with Crippen LogP contribution in [0.5, 0.6) is 0 Å². The third-order valence-corrected chi connectivity index (χ3v) is 4.62. The minimum absolute atomic E-state index is 0.183. The maximum Gasteiger partial charge on any atom is 0.223 e. The molecular weight excluding hydrogens is 300 g/mol. The molecule has 2 N–H and O–H groups in total. The van der Waals surface area contributed by atoms with E-state index < -0.39 is 0 Å². The lowest BCUT2D eigenvalue weighted by molar-refractivity contribution is -0.125. The van der Waals surface area contributed by atoms with Crippen LogP contribution in [-0.2, 0) is 9.59 Å². The van der Waals surface area contributed by atoms with E-state index in [1.165, 1.54) is 25.7 Å². The first kappa shape index (κ1) is 20.5. The van der Waals surface area contributed by atoms with E-state index in [9.17, 15) is 9.59 Å². The van der Waals surface area contributed by atoms with Crippen molar-refractivity contribution in [2.75, 3.05) is 6.54 Å². The number of rotatable bonds is 4. The molecule has 2 amide bonds. The maximum atomic E-state index is 11.4. The lowest BCUT2D eigenvalue weighted by atomic mass is 9.95. The van der Waals surface area contributed by atoms with Crippen LogP contribution >= 0.6 is 0 Å². The first-order valence-electron chi connectivity index (χ1n) is 9.46. The van der Waals surface area contributed by atoms with Gasteiger partial charge in [-0.15, -0.1) is 13.2 Å². The Morgan fingerprint density at radius 3 is 2.38 bits per heavy atom. The van der Waals surface area contributed by atoms with Crippen LogP contribution in [0.1, 0.15) is 70.6 Å². The van der Waals surface area contributed by atoms with E-state index in [1.54, 1.807) is 0 Å². The van der Waals surface area contributed by atoms with Crippen LogP contribution in [0.3, 0.4) is 0 Å². The van der Waals surface area contributed by atoms with Gasteiger partial charge in [0.15, 0.2) is 0 Å². The van der Waals surface area contributed by atoms with Gasteiger partial charge in [-0.1, -0.05) is 37.8 Å². The Balaban J connectivity index is 0.000000240. The minimum Gasteiger partial charge on any atom is -0.356 e. The molecule has 0 radical (unpaired) electrons. The van der Waals surface area contributed by atoms with Gasteiger partial charge in [0.05, 0.1) is 0 Å². The maximum absolute atomic E-state index is 11.4. The molecule has 2 aliphatic rings. The summed E-state index contributed by atoms with van der Waals surface area (Å²) in [5.41, 5.74) is 0. The molecule has 2 atom stereocenters. The number of carbonyl (C=O) groups excluding carboxylic acids is 2. The van der Waals surface area contributed by atoms with Crippen molar-refractivity contribution >= 4 is 11.8 Å². The summed E-state index contributed by atoms with van der Waals surface area (Å²) in [5, 5.41) is 5.94. The summed E-state index contributed by atoms with van der Waals surface area (Å²) >= 11 is 0. The summed E-state index contributed by atoms with van der Waals surface area (Å²) in [6, 6.07) is 0.343. The summed E-state index contributed by atoms with van der Waals surface area (Å²) in [6.07, 6.45) is 15.3. The average Bonchev–Trinajstić information content (AvgIpc) is 2.53. The molecule has 2 heterocycles. The predicted molar refractivity (Wildman–Crippen MR) is 99.6 cm³/mol. The molecule has 0 aromatic rings. The van der Waals surface area contributed by atoms with E-state index in [4.69, 9.17) is 0 Å². The molecule has 2 aliphatic heterocycles. The number of amides is 2. The molecule has 24 heavy (non-hydrogen) atoms. The topological polar surface area (TPSA) is 58.2 Å². The lowest BCUT2D eigenvalue weighted by Crippen LogP contribution is -2.35. The van der Waals surface area contributed by atoms with E-state index in [0.29, 0.717) is 12.5 Å². The van der Waals surface area contributed by atoms with Crippen molar-refractivity contribution in [3.63, 3.8) is 0 Å². The molecule has 2 unspecified atom stereocenters. The van der Waals surface area contributed by atoms with E-state index in [-0.39, 0.29) is 17.7 Å². The number of carbonyl (C=O) groups is 2. The molecule has 0 aromatic carbocycles. The van der Waals surface area contributed by atoms with Gasteiger partial charge in [0.25, 0.3) is 0 Å². The molecule has 4 nitrogen and oxygen atoms in total. The monoisotopic (exact) mass is 334 g/mol. The second-order valence-electron chi connectivity index (χ2n) is 6.75. The summed E-state index contributed by atoms with van der Waals surface area (Å²) in [7, 11) is 0. The quantitative estimate of drug-likeness (QED) is 0.767. The molecule has 0 aliphatic carbocycles. The highest BCUT2D eigenvalue weighted by Gasteiger charge is 2.17. The van der Waals surface area contributed by atoms with Crippen molar-refractivity contribution in [1.82, 2.24) is 10.6 Å². The van der Waals surface area contributed by atoms with Crippen LogP contribution in [0.15, 0.2) is 25.3 Å². The zero-order valence-corrected chi connectivity index (χ0v) is 15.0. The van der Waals surface area contributed by atoms with Gasteiger partial charge in [0, 0.05) is 24.9 Å². The minimum atomic E-state index is 0.183. The Bertz CT molecular complexity index is 406. The lowest BCUT2D eigenvalue weighted by Gasteiger charge is -2.19. The van der Waals surface area contributed by atoms with Crippen LogP contribution in [0.4, 0.5) is 0 Å². The van der Waals surface area contributed by atoms with Gasteiger partial charge in [-0.2, -0.15) is 0 Å². The van der Waals surface area contributed by atoms with E-state index >= 15 is 0 Å². The standard InChI is InChI=1S/2C10H17NO/c1-2-6-9-7-4-3-5-8-11-10(9)12;1-2-6-9-7-4-3-5-8-10(12)11-9/h2*2,9H,1,3-8H2,(H,11,12). The van der Waals surface area contributed by atoms with Gasteiger partial charge in [0.1, 0.15) is 0 Å². The fourth-order valence-corrected chi connectivity index (χ4v) is 3.21. The summed E-state index contributed by atoms with van der Waals surface area (Å²) in [5.74, 6) is 0.610. The zero-order valence-electron chi connectivity index (χ0n) is 15.0. The summed E-state index contributed by atoms with van der Waals surface area (Å²) < 4.78 is 0. The third-order valence-electron chi connectivity index (χ3n) is 4.62. The normalized spacial score (nSPS) is 25.3. The van der Waals surface area contributed by atoms with E-state index in [0.717, 1.165) is 45.1 Å². The van der Waals surface area contributed by atoms with E-state index in [1.807, 2.05) is 12.2 Å².